The molecule has 1 atom stereocenters. The third-order valence-corrected chi connectivity index (χ3v) is 5.60. The molecule has 0 saturated carbocycles. The van der Waals surface area contributed by atoms with Crippen LogP contribution >= 0.6 is 24.0 Å². The van der Waals surface area contributed by atoms with Crippen LogP contribution in [-0.2, 0) is 11.3 Å². The van der Waals surface area contributed by atoms with E-state index in [1.165, 1.54) is 5.56 Å². The largest absolute Gasteiger partial charge is 0.384 e. The highest BCUT2D eigenvalue weighted by molar-refractivity contribution is 14.0. The zero-order chi connectivity index (χ0) is 19.1. The molecule has 0 spiro atoms. The zero-order valence-corrected chi connectivity index (χ0v) is 19.8. The zero-order valence-electron chi connectivity index (χ0n) is 17.4. The third kappa shape index (κ3) is 6.18. The fourth-order valence-corrected chi connectivity index (χ4v) is 3.95. The summed E-state index contributed by atoms with van der Waals surface area (Å²) in [5.74, 6) is 2.66. The van der Waals surface area contributed by atoms with Crippen LogP contribution in [-0.4, -0.2) is 87.3 Å². The molecular weight excluding hydrogens is 467 g/mol. The lowest BCUT2D eigenvalue weighted by Crippen LogP contribution is -2.46. The number of methoxy groups -OCH3 is 1. The minimum Gasteiger partial charge on any atom is -0.384 e. The van der Waals surface area contributed by atoms with E-state index < -0.39 is 0 Å². The number of halogens is 1. The van der Waals surface area contributed by atoms with Crippen molar-refractivity contribution in [2.75, 3.05) is 71.5 Å². The Hall–Kier alpha value is -1.13. The third-order valence-electron chi connectivity index (χ3n) is 5.60. The number of nitrogens with zero attached hydrogens (tertiary/aromatic N) is 5. The van der Waals surface area contributed by atoms with E-state index in [1.54, 1.807) is 7.11 Å². The summed E-state index contributed by atoms with van der Waals surface area (Å²) in [6.45, 7) is 11.3. The van der Waals surface area contributed by atoms with Gasteiger partial charge in [0, 0.05) is 72.1 Å². The molecular formula is C20H35IN6O. The van der Waals surface area contributed by atoms with Gasteiger partial charge in [-0.25, -0.2) is 4.98 Å². The average Bonchev–Trinajstić information content (AvgIpc) is 3.17. The van der Waals surface area contributed by atoms with E-state index in [-0.39, 0.29) is 24.0 Å². The van der Waals surface area contributed by atoms with E-state index in [0.717, 1.165) is 77.2 Å². The highest BCUT2D eigenvalue weighted by Crippen LogP contribution is 2.17. The summed E-state index contributed by atoms with van der Waals surface area (Å²) in [4.78, 5) is 16.3. The molecule has 2 fully saturated rings. The Morgan fingerprint density at radius 3 is 2.75 bits per heavy atom. The van der Waals surface area contributed by atoms with Gasteiger partial charge in [-0.1, -0.05) is 6.92 Å². The first-order valence-electron chi connectivity index (χ1n) is 10.1. The molecule has 1 unspecified atom stereocenters. The maximum atomic E-state index is 5.30. The van der Waals surface area contributed by atoms with Crippen molar-refractivity contribution in [3.63, 3.8) is 0 Å². The molecule has 0 amide bonds. The van der Waals surface area contributed by atoms with Gasteiger partial charge in [-0.2, -0.15) is 0 Å². The molecule has 2 saturated heterocycles. The number of hydrogen-bond acceptors (Lipinski definition) is 5. The number of likely N-dealkylation sites (N-methyl/N-ethyl adjacent to an activating group) is 1. The van der Waals surface area contributed by atoms with Gasteiger partial charge in [0.2, 0.25) is 0 Å². The van der Waals surface area contributed by atoms with Crippen LogP contribution in [0.15, 0.2) is 23.3 Å². The summed E-state index contributed by atoms with van der Waals surface area (Å²) in [5, 5.41) is 3.52. The van der Waals surface area contributed by atoms with Gasteiger partial charge in [-0.05, 0) is 30.7 Å². The summed E-state index contributed by atoms with van der Waals surface area (Å²) >= 11 is 0. The molecule has 2 aliphatic heterocycles. The highest BCUT2D eigenvalue weighted by Gasteiger charge is 2.24. The first kappa shape index (κ1) is 23.2. The van der Waals surface area contributed by atoms with Gasteiger partial charge in [0.25, 0.3) is 0 Å². The maximum Gasteiger partial charge on any atom is 0.193 e. The standard InChI is InChI=1S/C20H34N6O.HI/c1-4-24-9-11-25(12-10-24)19-13-17(5-7-22-19)14-23-20(21-2)26-8-6-18(15-26)16-27-3;/h5,7,13,18H,4,6,8-12,14-16H2,1-3H3,(H,21,23);1H. The van der Waals surface area contributed by atoms with Gasteiger partial charge < -0.3 is 24.8 Å². The second kappa shape index (κ2) is 11.8. The molecule has 3 heterocycles. The van der Waals surface area contributed by atoms with Gasteiger partial charge in [0.05, 0.1) is 6.61 Å². The Labute approximate surface area is 186 Å². The molecule has 28 heavy (non-hydrogen) atoms. The van der Waals surface area contributed by atoms with Gasteiger partial charge in [-0.15, -0.1) is 24.0 Å². The summed E-state index contributed by atoms with van der Waals surface area (Å²) in [5.41, 5.74) is 1.24. The van der Waals surface area contributed by atoms with Crippen LogP contribution in [0.2, 0.25) is 0 Å². The number of pyridine rings is 1. The molecule has 3 rings (SSSR count). The minimum absolute atomic E-state index is 0. The van der Waals surface area contributed by atoms with Crippen LogP contribution in [0.5, 0.6) is 0 Å². The van der Waals surface area contributed by atoms with E-state index in [2.05, 4.69) is 49.0 Å². The number of anilines is 1. The summed E-state index contributed by atoms with van der Waals surface area (Å²) < 4.78 is 5.30. The number of likely N-dealkylation sites (tertiary alicyclic amines) is 1. The summed E-state index contributed by atoms with van der Waals surface area (Å²) in [7, 11) is 3.63. The number of nitrogens with one attached hydrogen (secondary N) is 1. The topological polar surface area (TPSA) is 56.2 Å². The number of hydrogen-bond donors (Lipinski definition) is 1. The minimum atomic E-state index is 0. The summed E-state index contributed by atoms with van der Waals surface area (Å²) in [6, 6.07) is 4.30. The van der Waals surface area contributed by atoms with Crippen molar-refractivity contribution in [2.24, 2.45) is 10.9 Å². The molecule has 2 aliphatic rings. The van der Waals surface area contributed by atoms with Crippen molar-refractivity contribution in [2.45, 2.75) is 19.9 Å². The van der Waals surface area contributed by atoms with E-state index in [1.807, 2.05) is 13.2 Å². The average molecular weight is 502 g/mol. The molecule has 0 aromatic carbocycles. The number of ether oxygens (including phenoxy) is 1. The highest BCUT2D eigenvalue weighted by atomic mass is 127. The Balaban J connectivity index is 0.00000280. The van der Waals surface area contributed by atoms with Gasteiger partial charge in [-0.3, -0.25) is 4.99 Å². The quantitative estimate of drug-likeness (QED) is 0.365. The second-order valence-electron chi connectivity index (χ2n) is 7.40. The molecule has 0 aliphatic carbocycles. The Kier molecular flexibility index (Phi) is 9.73. The van der Waals surface area contributed by atoms with E-state index >= 15 is 0 Å². The second-order valence-corrected chi connectivity index (χ2v) is 7.40. The Morgan fingerprint density at radius 1 is 1.29 bits per heavy atom. The molecule has 158 valence electrons. The number of rotatable bonds is 6. The van der Waals surface area contributed by atoms with Gasteiger partial charge in [0.15, 0.2) is 5.96 Å². The molecule has 1 N–H and O–H groups in total. The van der Waals surface area contributed by atoms with Crippen molar-refractivity contribution in [3.05, 3.63) is 23.9 Å². The number of aliphatic imine (C=N–C) groups is 1. The molecule has 7 nitrogen and oxygen atoms in total. The monoisotopic (exact) mass is 502 g/mol. The van der Waals surface area contributed by atoms with Crippen LogP contribution in [0.1, 0.15) is 18.9 Å². The van der Waals surface area contributed by atoms with E-state index in [0.29, 0.717) is 5.92 Å². The van der Waals surface area contributed by atoms with Gasteiger partial charge >= 0.3 is 0 Å². The van der Waals surface area contributed by atoms with Crippen LogP contribution in [0, 0.1) is 5.92 Å². The van der Waals surface area contributed by atoms with Crippen LogP contribution < -0.4 is 10.2 Å². The van der Waals surface area contributed by atoms with Crippen LogP contribution in [0.4, 0.5) is 5.82 Å². The fourth-order valence-electron chi connectivity index (χ4n) is 3.95. The maximum absolute atomic E-state index is 5.30. The molecule has 1 aromatic heterocycles. The Morgan fingerprint density at radius 2 is 2.07 bits per heavy atom. The molecule has 0 radical (unpaired) electrons. The first-order valence-corrected chi connectivity index (χ1v) is 10.1. The molecule has 8 heteroatoms. The van der Waals surface area contributed by atoms with Crippen LogP contribution in [0.25, 0.3) is 0 Å². The molecule has 0 bridgehead atoms. The van der Waals surface area contributed by atoms with Crippen molar-refractivity contribution >= 4 is 35.8 Å². The predicted octanol–water partition coefficient (Wildman–Crippen LogP) is 1.89. The lowest BCUT2D eigenvalue weighted by atomic mass is 10.1. The van der Waals surface area contributed by atoms with Gasteiger partial charge in [0.1, 0.15) is 5.82 Å². The van der Waals surface area contributed by atoms with Crippen LogP contribution in [0.3, 0.4) is 0 Å². The fraction of sp³-hybridized carbons (Fsp3) is 0.700. The lowest BCUT2D eigenvalue weighted by Gasteiger charge is -2.34. The summed E-state index contributed by atoms with van der Waals surface area (Å²) in [6.07, 6.45) is 3.09. The number of guanidine groups is 1. The normalized spacial score (nSPS) is 21.0. The SMILES string of the molecule is CCN1CCN(c2cc(CNC(=NC)N3CCC(COC)C3)ccn2)CC1.I. The Bertz CT molecular complexity index is 620. The van der Waals surface area contributed by atoms with Crippen molar-refractivity contribution < 1.29 is 4.74 Å². The number of piperazine rings is 1. The smallest absolute Gasteiger partial charge is 0.193 e. The lowest BCUT2D eigenvalue weighted by molar-refractivity contribution is 0.157. The van der Waals surface area contributed by atoms with Crippen molar-refractivity contribution in [1.82, 2.24) is 20.1 Å². The predicted molar refractivity (Wildman–Crippen MR) is 126 cm³/mol. The van der Waals surface area contributed by atoms with E-state index in [9.17, 15) is 0 Å². The van der Waals surface area contributed by atoms with E-state index in [4.69, 9.17) is 4.74 Å². The van der Waals surface area contributed by atoms with Crippen molar-refractivity contribution in [1.29, 1.82) is 0 Å². The number of aromatic nitrogens is 1. The molecule has 1 aromatic rings. The first-order chi connectivity index (χ1) is 13.2. The van der Waals surface area contributed by atoms with Crippen molar-refractivity contribution in [3.8, 4) is 0 Å².